The Balaban J connectivity index is 0.938. The van der Waals surface area contributed by atoms with E-state index >= 15 is 0 Å². The van der Waals surface area contributed by atoms with Crippen molar-refractivity contribution in [1.82, 2.24) is 13.7 Å². The van der Waals surface area contributed by atoms with E-state index in [0.29, 0.717) is 5.69 Å². The summed E-state index contributed by atoms with van der Waals surface area (Å²) < 4.78 is 85.1. The topological polar surface area (TPSA) is 18.0 Å². The molecule has 0 unspecified atom stereocenters. The molecule has 0 bridgehead atoms. The molecule has 0 spiro atoms. The van der Waals surface area contributed by atoms with Crippen LogP contribution in [-0.2, 0) is 5.41 Å². The predicted molar refractivity (Wildman–Crippen MR) is 426 cm³/mol. The first-order valence-electron chi connectivity index (χ1n) is 38.1. The number of anilines is 3. The van der Waals surface area contributed by atoms with Crippen LogP contribution in [0.25, 0.3) is 138 Å². The number of hydrogen-bond acceptors (Lipinski definition) is 1. The van der Waals surface area contributed by atoms with Crippen LogP contribution in [0.2, 0.25) is 0 Å². The molecule has 5 heterocycles. The van der Waals surface area contributed by atoms with E-state index < -0.39 is 39.1 Å². The Hall–Kier alpha value is -11.9. The van der Waals surface area contributed by atoms with E-state index in [1.165, 1.54) is 9.92 Å². The minimum atomic E-state index is -0.531. The molecule has 0 atom stereocenters. The van der Waals surface area contributed by atoms with Crippen LogP contribution in [-0.4, -0.2) is 35.4 Å². The second-order valence-corrected chi connectivity index (χ2v) is 29.6. The Kier molecular flexibility index (Phi) is 11.5. The molecule has 15 aromatic carbocycles. The molecule has 6 heteroatoms. The standard InChI is InChI=1S/C94H65BN4Se/c1-94(2,3)68-56-76(62-31-13-6-14-32-62)92(77(57-68)63-33-15-7-16-34-63)99-87-55-65(64-46-49-85-78(54-64)74-39-21-25-43-83(74)96(85)69-35-17-8-18-36-69)45-47-79(87)95-80-48-50-86-90(93(80)100-89-59-71(58-88(99)91(89)95)97-81-41-23-19-37-72(81)73-38-20-24-42-82(73)97)75-40-22-26-44-84(75)98(86)70-52-66(60-27-9-4-10-28-60)51-67(53-70)61-29-11-5-12-30-61/h4-59H,1-3H3/i19D,20D,23D,24D,37D,38D,41D,42D. The molecule has 3 aromatic heterocycles. The van der Waals surface area contributed by atoms with Crippen molar-refractivity contribution in [2.45, 2.75) is 26.2 Å². The summed E-state index contributed by atoms with van der Waals surface area (Å²) >= 11 is -0.531. The van der Waals surface area contributed by atoms with Gasteiger partial charge < -0.3 is 0 Å². The van der Waals surface area contributed by atoms with E-state index in [-0.39, 0.29) is 58.1 Å². The molecule has 4 nitrogen and oxygen atoms in total. The van der Waals surface area contributed by atoms with Gasteiger partial charge in [0.2, 0.25) is 0 Å². The molecule has 18 aromatic rings. The Morgan fingerprint density at radius 2 is 0.810 bits per heavy atom. The van der Waals surface area contributed by atoms with Crippen molar-refractivity contribution in [3.63, 3.8) is 0 Å². The van der Waals surface area contributed by atoms with E-state index in [1.54, 1.807) is 4.57 Å². The summed E-state index contributed by atoms with van der Waals surface area (Å²) in [6, 6.07) is 102. The molecule has 0 fully saturated rings. The molecular weight excluding hydrogens is 1270 g/mol. The third-order valence-electron chi connectivity index (χ3n) is 20.6. The van der Waals surface area contributed by atoms with Gasteiger partial charge in [0.15, 0.2) is 0 Å². The fourth-order valence-electron chi connectivity index (χ4n) is 16.1. The third kappa shape index (κ3) is 9.14. The molecule has 2 aliphatic rings. The first-order valence-corrected chi connectivity index (χ1v) is 35.8. The van der Waals surface area contributed by atoms with Gasteiger partial charge in [-0.2, -0.15) is 0 Å². The minimum absolute atomic E-state index is 0.0237. The number of hydrogen-bond donors (Lipinski definition) is 0. The van der Waals surface area contributed by atoms with Crippen LogP contribution in [0, 0.1) is 0 Å². The molecule has 100 heavy (non-hydrogen) atoms. The second-order valence-electron chi connectivity index (χ2n) is 27.4. The third-order valence-corrected chi connectivity index (χ3v) is 23.2. The SMILES string of the molecule is [2H]c1c([2H])c([2H])c2c(c1[2H])c1c([2H])c([2H])c([2H])c([2H])c1n2-c1cc2c3c(c1)N(c1c(-c4ccccc4)cc(C(C)(C)C)cc1-c1ccccc1)c1cc(-c4ccc5c(c4)c4ccccc4n5-c4ccccc4)ccc1B3c1ccc3c(c1[Se]2)c1ccccc1n3-c1cc(-c2ccccc2)cc(-c2ccccc2)c1. The Bertz CT molecular complexity index is 6660. The van der Waals surface area contributed by atoms with E-state index in [0.717, 1.165) is 149 Å². The van der Waals surface area contributed by atoms with E-state index in [1.807, 2.05) is 0 Å². The summed E-state index contributed by atoms with van der Waals surface area (Å²) in [6.07, 6.45) is 0. The molecule has 0 N–H and O–H groups in total. The first kappa shape index (κ1) is 50.4. The van der Waals surface area contributed by atoms with Gasteiger partial charge >= 0.3 is 549 Å². The van der Waals surface area contributed by atoms with Crippen molar-refractivity contribution in [2.75, 3.05) is 4.90 Å². The van der Waals surface area contributed by atoms with Crippen LogP contribution in [0.3, 0.4) is 0 Å². The summed E-state index contributed by atoms with van der Waals surface area (Å²) in [5, 5.41) is 4.54. The Morgan fingerprint density at radius 3 is 1.43 bits per heavy atom. The Morgan fingerprint density at radius 1 is 0.330 bits per heavy atom. The number of aromatic nitrogens is 3. The van der Waals surface area contributed by atoms with E-state index in [2.05, 4.69) is 326 Å². The number of benzene rings is 15. The summed E-state index contributed by atoms with van der Waals surface area (Å²) in [7, 11) is 0. The van der Waals surface area contributed by atoms with Gasteiger partial charge in [0.05, 0.1) is 0 Å². The molecule has 0 saturated heterocycles. The first-order chi connectivity index (χ1) is 52.6. The molecular formula is C94H65BN4Se. The zero-order chi connectivity index (χ0) is 73.3. The number of rotatable bonds is 9. The molecule has 0 saturated carbocycles. The van der Waals surface area contributed by atoms with E-state index in [9.17, 15) is 8.22 Å². The van der Waals surface area contributed by atoms with Crippen molar-refractivity contribution < 1.29 is 11.0 Å². The molecule has 20 rings (SSSR count). The van der Waals surface area contributed by atoms with Crippen molar-refractivity contribution in [1.29, 1.82) is 0 Å². The molecule has 470 valence electrons. The van der Waals surface area contributed by atoms with Crippen molar-refractivity contribution >= 4 is 129 Å². The molecule has 0 amide bonds. The predicted octanol–water partition coefficient (Wildman–Crippen LogP) is 20.9. The van der Waals surface area contributed by atoms with Crippen LogP contribution in [0.5, 0.6) is 0 Å². The maximum absolute atomic E-state index is 9.98. The van der Waals surface area contributed by atoms with Gasteiger partial charge in [-0.1, -0.05) is 30.3 Å². The normalized spacial score (nSPS) is 13.8. The van der Waals surface area contributed by atoms with Gasteiger partial charge in [0.1, 0.15) is 0 Å². The number of para-hydroxylation sites is 5. The van der Waals surface area contributed by atoms with E-state index in [4.69, 9.17) is 2.74 Å². The van der Waals surface area contributed by atoms with Crippen LogP contribution >= 0.6 is 0 Å². The number of fused-ring (bicyclic) bond motifs is 14. The molecule has 2 aliphatic heterocycles. The van der Waals surface area contributed by atoms with Crippen LogP contribution in [0.15, 0.2) is 340 Å². The summed E-state index contributed by atoms with van der Waals surface area (Å²) in [5.74, 6) is 0. The average molecular weight is 1350 g/mol. The summed E-state index contributed by atoms with van der Waals surface area (Å²) in [6.45, 7) is 6.40. The summed E-state index contributed by atoms with van der Waals surface area (Å²) in [5.41, 5.74) is 24.3. The summed E-state index contributed by atoms with van der Waals surface area (Å²) in [4.78, 5) is 2.47. The maximum atomic E-state index is 9.98. The van der Waals surface area contributed by atoms with Gasteiger partial charge in [0, 0.05) is 5.69 Å². The van der Waals surface area contributed by atoms with Gasteiger partial charge in [-0.25, -0.2) is 0 Å². The average Bonchev–Trinajstić information content (AvgIpc) is 1.25. The van der Waals surface area contributed by atoms with Gasteiger partial charge in [-0.05, 0) is 18.2 Å². The molecule has 0 aliphatic carbocycles. The van der Waals surface area contributed by atoms with Crippen molar-refractivity contribution in [2.24, 2.45) is 0 Å². The van der Waals surface area contributed by atoms with Crippen LogP contribution in [0.1, 0.15) is 37.3 Å². The monoisotopic (exact) mass is 1350 g/mol. The second kappa shape index (κ2) is 22.8. The van der Waals surface area contributed by atoms with Gasteiger partial charge in [-0.3, -0.25) is 0 Å². The van der Waals surface area contributed by atoms with Gasteiger partial charge in [-0.15, -0.1) is 0 Å². The number of nitrogens with zero attached hydrogens (tertiary/aromatic N) is 4. The fourth-order valence-corrected chi connectivity index (χ4v) is 18.9. The fraction of sp³-hybridized carbons (Fsp3) is 0.0426. The van der Waals surface area contributed by atoms with Gasteiger partial charge in [0.25, 0.3) is 0 Å². The quantitative estimate of drug-likeness (QED) is 0.132. The van der Waals surface area contributed by atoms with Crippen molar-refractivity contribution in [3.8, 4) is 72.7 Å². The zero-order valence-corrected chi connectivity index (χ0v) is 56.7. The Labute approximate surface area is 599 Å². The van der Waals surface area contributed by atoms with Crippen LogP contribution < -0.4 is 30.2 Å². The van der Waals surface area contributed by atoms with Crippen molar-refractivity contribution in [3.05, 3.63) is 345 Å². The van der Waals surface area contributed by atoms with Crippen LogP contribution in [0.4, 0.5) is 17.1 Å². The molecule has 0 radical (unpaired) electrons. The zero-order valence-electron chi connectivity index (χ0n) is 63.0.